The summed E-state index contributed by atoms with van der Waals surface area (Å²) in [5, 5.41) is 9.49. The van der Waals surface area contributed by atoms with Gasteiger partial charge in [-0.25, -0.2) is 0 Å². The highest BCUT2D eigenvalue weighted by atomic mass is 16.5. The zero-order valence-electron chi connectivity index (χ0n) is 11.8. The lowest BCUT2D eigenvalue weighted by Crippen LogP contribution is -2.52. The molecule has 2 rings (SSSR count). The van der Waals surface area contributed by atoms with Gasteiger partial charge in [0.05, 0.1) is 25.2 Å². The van der Waals surface area contributed by atoms with E-state index in [-0.39, 0.29) is 12.0 Å². The minimum Gasteiger partial charge on any atom is -0.396 e. The summed E-state index contributed by atoms with van der Waals surface area (Å²) in [7, 11) is 2.09. The van der Waals surface area contributed by atoms with E-state index in [9.17, 15) is 5.11 Å². The summed E-state index contributed by atoms with van der Waals surface area (Å²) >= 11 is 0. The van der Waals surface area contributed by atoms with Crippen molar-refractivity contribution >= 4 is 5.69 Å². The van der Waals surface area contributed by atoms with Crippen LogP contribution in [0.3, 0.4) is 0 Å². The van der Waals surface area contributed by atoms with Crippen LogP contribution in [0.4, 0.5) is 5.69 Å². The number of aliphatic hydroxyl groups is 1. The van der Waals surface area contributed by atoms with E-state index in [0.717, 1.165) is 6.54 Å². The highest BCUT2D eigenvalue weighted by molar-refractivity contribution is 5.56. The number of aliphatic hydroxyl groups excluding tert-OH is 1. The molecule has 1 aromatic rings. The third-order valence-electron chi connectivity index (χ3n) is 3.95. The Bertz CT molecular complexity index is 433. The van der Waals surface area contributed by atoms with E-state index >= 15 is 0 Å². The maximum Gasteiger partial charge on any atom is 0.0584 e. The molecule has 1 aliphatic rings. The number of benzene rings is 1. The summed E-state index contributed by atoms with van der Waals surface area (Å²) < 4.78 is 5.25. The van der Waals surface area contributed by atoms with Gasteiger partial charge in [-0.05, 0) is 43.5 Å². The number of anilines is 1. The van der Waals surface area contributed by atoms with Crippen LogP contribution in [0.15, 0.2) is 12.1 Å². The molecule has 100 valence electrons. The topological polar surface area (TPSA) is 32.7 Å². The van der Waals surface area contributed by atoms with Crippen LogP contribution in [-0.2, 0) is 4.74 Å². The monoisotopic (exact) mass is 249 g/mol. The van der Waals surface area contributed by atoms with Crippen molar-refractivity contribution in [1.82, 2.24) is 0 Å². The van der Waals surface area contributed by atoms with Crippen LogP contribution in [0, 0.1) is 26.2 Å². The molecule has 1 aliphatic heterocycles. The largest absolute Gasteiger partial charge is 0.396 e. The third-order valence-corrected chi connectivity index (χ3v) is 3.95. The standard InChI is InChI=1S/C15H23NO2/c1-11-5-13(3)14(6-12(11)2)16(4)7-15(8-17)9-18-10-15/h5-6,17H,7-10H2,1-4H3. The van der Waals surface area contributed by atoms with Gasteiger partial charge in [-0.3, -0.25) is 0 Å². The Kier molecular flexibility index (Phi) is 3.64. The Morgan fingerprint density at radius 3 is 2.28 bits per heavy atom. The molecular weight excluding hydrogens is 226 g/mol. The predicted octanol–water partition coefficient (Wildman–Crippen LogP) is 2.06. The van der Waals surface area contributed by atoms with Gasteiger partial charge in [0.1, 0.15) is 0 Å². The lowest BCUT2D eigenvalue weighted by atomic mass is 9.86. The highest BCUT2D eigenvalue weighted by Gasteiger charge is 2.39. The predicted molar refractivity (Wildman–Crippen MR) is 74.3 cm³/mol. The van der Waals surface area contributed by atoms with E-state index in [1.54, 1.807) is 0 Å². The number of hydrogen-bond acceptors (Lipinski definition) is 3. The van der Waals surface area contributed by atoms with Crippen LogP contribution >= 0.6 is 0 Å². The van der Waals surface area contributed by atoms with Crippen molar-refractivity contribution in [1.29, 1.82) is 0 Å². The SMILES string of the molecule is Cc1cc(C)c(N(C)CC2(CO)COC2)cc1C. The van der Waals surface area contributed by atoms with Gasteiger partial charge in [0.25, 0.3) is 0 Å². The number of nitrogens with zero attached hydrogens (tertiary/aromatic N) is 1. The minimum absolute atomic E-state index is 0.0695. The van der Waals surface area contributed by atoms with Crippen LogP contribution in [0.2, 0.25) is 0 Å². The van der Waals surface area contributed by atoms with Gasteiger partial charge in [0.2, 0.25) is 0 Å². The minimum atomic E-state index is -0.0695. The molecule has 18 heavy (non-hydrogen) atoms. The van der Waals surface area contributed by atoms with Gasteiger partial charge in [0.15, 0.2) is 0 Å². The molecule has 3 nitrogen and oxygen atoms in total. The second-order valence-corrected chi connectivity index (χ2v) is 5.73. The van der Waals surface area contributed by atoms with E-state index in [1.165, 1.54) is 22.4 Å². The molecule has 0 spiro atoms. The first-order chi connectivity index (χ1) is 8.47. The Labute approximate surface area is 109 Å². The van der Waals surface area contributed by atoms with Crippen LogP contribution < -0.4 is 4.90 Å². The van der Waals surface area contributed by atoms with Crippen molar-refractivity contribution in [3.05, 3.63) is 28.8 Å². The molecule has 1 fully saturated rings. The van der Waals surface area contributed by atoms with Crippen LogP contribution in [-0.4, -0.2) is 38.5 Å². The Hall–Kier alpha value is -1.06. The van der Waals surface area contributed by atoms with Crippen molar-refractivity contribution < 1.29 is 9.84 Å². The van der Waals surface area contributed by atoms with Gasteiger partial charge >= 0.3 is 0 Å². The molecule has 1 N–H and O–H groups in total. The van der Waals surface area contributed by atoms with E-state index in [1.807, 2.05) is 0 Å². The summed E-state index contributed by atoms with van der Waals surface area (Å²) in [5.41, 5.74) is 5.10. The van der Waals surface area contributed by atoms with Crippen molar-refractivity contribution in [2.24, 2.45) is 5.41 Å². The van der Waals surface area contributed by atoms with E-state index in [4.69, 9.17) is 4.74 Å². The quantitative estimate of drug-likeness (QED) is 0.886. The maximum atomic E-state index is 9.49. The zero-order valence-corrected chi connectivity index (χ0v) is 11.8. The fourth-order valence-electron chi connectivity index (χ4n) is 2.57. The van der Waals surface area contributed by atoms with Gasteiger partial charge in [-0.2, -0.15) is 0 Å². The Balaban J connectivity index is 2.18. The molecule has 0 atom stereocenters. The molecule has 0 unspecified atom stereocenters. The highest BCUT2D eigenvalue weighted by Crippen LogP contribution is 2.31. The fraction of sp³-hybridized carbons (Fsp3) is 0.600. The maximum absolute atomic E-state index is 9.49. The average molecular weight is 249 g/mol. The molecule has 1 heterocycles. The second kappa shape index (κ2) is 4.90. The fourth-order valence-corrected chi connectivity index (χ4v) is 2.57. The number of ether oxygens (including phenoxy) is 1. The van der Waals surface area contributed by atoms with Crippen molar-refractivity contribution in [2.45, 2.75) is 20.8 Å². The van der Waals surface area contributed by atoms with Gasteiger partial charge in [-0.1, -0.05) is 6.07 Å². The first-order valence-corrected chi connectivity index (χ1v) is 6.45. The van der Waals surface area contributed by atoms with E-state index < -0.39 is 0 Å². The lowest BCUT2D eigenvalue weighted by Gasteiger charge is -2.43. The van der Waals surface area contributed by atoms with Crippen LogP contribution in [0.1, 0.15) is 16.7 Å². The molecule has 3 heteroatoms. The molecule has 0 aromatic heterocycles. The summed E-state index contributed by atoms with van der Waals surface area (Å²) in [5.74, 6) is 0. The summed E-state index contributed by atoms with van der Waals surface area (Å²) in [4.78, 5) is 2.24. The Morgan fingerprint density at radius 2 is 1.78 bits per heavy atom. The van der Waals surface area contributed by atoms with Crippen LogP contribution in [0.25, 0.3) is 0 Å². The molecular formula is C15H23NO2. The lowest BCUT2D eigenvalue weighted by molar-refractivity contribution is -0.130. The molecule has 1 aromatic carbocycles. The van der Waals surface area contributed by atoms with E-state index in [0.29, 0.717) is 13.2 Å². The first kappa shape index (κ1) is 13.4. The molecule has 0 amide bonds. The van der Waals surface area contributed by atoms with E-state index in [2.05, 4.69) is 44.9 Å². The van der Waals surface area contributed by atoms with Gasteiger partial charge in [0, 0.05) is 19.3 Å². The zero-order chi connectivity index (χ0) is 13.3. The van der Waals surface area contributed by atoms with Crippen molar-refractivity contribution in [3.8, 4) is 0 Å². The molecule has 0 aliphatic carbocycles. The summed E-state index contributed by atoms with van der Waals surface area (Å²) in [6, 6.07) is 4.46. The van der Waals surface area contributed by atoms with Crippen molar-refractivity contribution in [2.75, 3.05) is 38.3 Å². The normalized spacial score (nSPS) is 17.4. The van der Waals surface area contributed by atoms with Crippen LogP contribution in [0.5, 0.6) is 0 Å². The van der Waals surface area contributed by atoms with Gasteiger partial charge in [-0.15, -0.1) is 0 Å². The molecule has 0 radical (unpaired) electrons. The average Bonchev–Trinajstić information content (AvgIpc) is 2.28. The molecule has 0 bridgehead atoms. The summed E-state index contributed by atoms with van der Waals surface area (Å²) in [6.07, 6.45) is 0. The second-order valence-electron chi connectivity index (χ2n) is 5.73. The first-order valence-electron chi connectivity index (χ1n) is 6.45. The third kappa shape index (κ3) is 2.38. The smallest absolute Gasteiger partial charge is 0.0584 e. The van der Waals surface area contributed by atoms with Crippen molar-refractivity contribution in [3.63, 3.8) is 0 Å². The number of rotatable bonds is 4. The number of aryl methyl sites for hydroxylation is 3. The van der Waals surface area contributed by atoms with Gasteiger partial charge < -0.3 is 14.7 Å². The number of hydrogen-bond donors (Lipinski definition) is 1. The molecule has 0 saturated carbocycles. The summed E-state index contributed by atoms with van der Waals surface area (Å²) in [6.45, 7) is 8.78. The Morgan fingerprint density at radius 1 is 1.17 bits per heavy atom. The molecule has 1 saturated heterocycles.